The number of hydrogen-bond donors (Lipinski definition) is 0. The predicted molar refractivity (Wildman–Crippen MR) is 245 cm³/mol. The van der Waals surface area contributed by atoms with Gasteiger partial charge in [-0.3, -0.25) is 15.0 Å². The highest BCUT2D eigenvalue weighted by Crippen LogP contribution is 2.41. The van der Waals surface area contributed by atoms with Crippen LogP contribution in [0.5, 0.6) is 0 Å². The third-order valence-corrected chi connectivity index (χ3v) is 10.9. The van der Waals surface area contributed by atoms with Crippen molar-refractivity contribution >= 4 is 49.5 Å². The van der Waals surface area contributed by atoms with Gasteiger partial charge in [-0.25, -0.2) is 0 Å². The van der Waals surface area contributed by atoms with E-state index in [4.69, 9.17) is 14.4 Å². The number of nitrogens with zero attached hydrogens (tertiary/aromatic N) is 4. The van der Waals surface area contributed by atoms with Gasteiger partial charge in [-0.2, -0.15) is 0 Å². The van der Waals surface area contributed by atoms with Crippen LogP contribution in [0.4, 0.5) is 0 Å². The number of pyridine rings is 2. The molecule has 0 saturated heterocycles. The molecule has 5 heterocycles. The lowest BCUT2D eigenvalue weighted by Crippen LogP contribution is -1.99. The first-order chi connectivity index (χ1) is 29.3. The van der Waals surface area contributed by atoms with E-state index in [9.17, 15) is 0 Å². The Kier molecular flexibility index (Phi) is 9.19. The lowest BCUT2D eigenvalue weighted by molar-refractivity contribution is 0.669. The summed E-state index contributed by atoms with van der Waals surface area (Å²) in [6, 6.07) is 53.7. The van der Waals surface area contributed by atoms with Gasteiger partial charge in [0.1, 0.15) is 11.2 Å². The van der Waals surface area contributed by atoms with Crippen LogP contribution in [0.2, 0.25) is 0 Å². The van der Waals surface area contributed by atoms with E-state index in [0.717, 1.165) is 105 Å². The van der Waals surface area contributed by atoms with Crippen molar-refractivity contribution in [2.75, 3.05) is 0 Å². The molecule has 5 heteroatoms. The Morgan fingerprint density at radius 3 is 1.88 bits per heavy atom. The number of aromatic nitrogens is 3. The minimum Gasteiger partial charge on any atom is -0.456 e. The van der Waals surface area contributed by atoms with Crippen LogP contribution in [-0.2, 0) is 0 Å². The van der Waals surface area contributed by atoms with Crippen LogP contribution in [0.1, 0.15) is 19.4 Å². The quantitative estimate of drug-likeness (QED) is 0.159. The summed E-state index contributed by atoms with van der Waals surface area (Å²) < 4.78 is 8.76. The summed E-state index contributed by atoms with van der Waals surface area (Å²) in [5.74, 6) is 0. The molecular weight excluding hydrogens is 721 g/mol. The number of aliphatic imine (C=N–C) groups is 1. The summed E-state index contributed by atoms with van der Waals surface area (Å²) in [4.78, 5) is 13.8. The predicted octanol–water partition coefficient (Wildman–Crippen LogP) is 14.2. The summed E-state index contributed by atoms with van der Waals surface area (Å²) in [5.41, 5.74) is 18.9. The number of fused-ring (bicyclic) bond motifs is 6. The smallest absolute Gasteiger partial charge is 0.135 e. The highest BCUT2D eigenvalue weighted by molar-refractivity contribution is 6.16. The van der Waals surface area contributed by atoms with Crippen LogP contribution in [0.25, 0.3) is 94.1 Å². The first kappa shape index (κ1) is 35.6. The lowest BCUT2D eigenvalue weighted by Gasteiger charge is -2.11. The SMILES string of the molecule is C1=CC=CN=C(c2ccccc2-c2ccc3c(c2)c2cc(-c4ccccc4-c4ccccn4)ccc2n3-c2ccc3oc4ccc(-c5cccnc5)cc4c3c2)C=1.CC. The fraction of sp³-hybridized carbons (Fsp3) is 0.0370. The summed E-state index contributed by atoms with van der Waals surface area (Å²) in [6.07, 6.45) is 13.1. The Balaban J connectivity index is 0.00000207. The first-order valence-electron chi connectivity index (χ1n) is 20.0. The van der Waals surface area contributed by atoms with Crippen LogP contribution in [0.3, 0.4) is 0 Å². The van der Waals surface area contributed by atoms with E-state index in [1.165, 1.54) is 0 Å². The van der Waals surface area contributed by atoms with Crippen LogP contribution in [0.15, 0.2) is 210 Å². The molecule has 0 spiro atoms. The molecule has 0 amide bonds. The highest BCUT2D eigenvalue weighted by atomic mass is 16.3. The van der Waals surface area contributed by atoms with Crippen molar-refractivity contribution in [3.05, 3.63) is 206 Å². The molecule has 0 atom stereocenters. The molecule has 280 valence electrons. The van der Waals surface area contributed by atoms with E-state index >= 15 is 0 Å². The zero-order valence-corrected chi connectivity index (χ0v) is 32.7. The number of allylic oxidation sites excluding steroid dienone is 2. The van der Waals surface area contributed by atoms with Crippen LogP contribution < -0.4 is 0 Å². The van der Waals surface area contributed by atoms with Gasteiger partial charge in [-0.1, -0.05) is 92.7 Å². The molecule has 0 fully saturated rings. The maximum Gasteiger partial charge on any atom is 0.135 e. The molecule has 1 aliphatic rings. The van der Waals surface area contributed by atoms with E-state index in [2.05, 4.69) is 149 Å². The zero-order chi connectivity index (χ0) is 39.7. The third kappa shape index (κ3) is 6.37. The number of hydrogen-bond acceptors (Lipinski definition) is 4. The van der Waals surface area contributed by atoms with Gasteiger partial charge in [-0.15, -0.1) is 5.73 Å². The Morgan fingerprint density at radius 2 is 1.17 bits per heavy atom. The Morgan fingerprint density at radius 1 is 0.525 bits per heavy atom. The molecule has 59 heavy (non-hydrogen) atoms. The van der Waals surface area contributed by atoms with Crippen LogP contribution in [-0.4, -0.2) is 20.2 Å². The van der Waals surface area contributed by atoms with Gasteiger partial charge in [0.15, 0.2) is 0 Å². The van der Waals surface area contributed by atoms with Crippen molar-refractivity contribution in [1.29, 1.82) is 0 Å². The van der Waals surface area contributed by atoms with Gasteiger partial charge in [0, 0.05) is 74.8 Å². The molecule has 0 bridgehead atoms. The Bertz CT molecular complexity index is 3330. The highest BCUT2D eigenvalue weighted by Gasteiger charge is 2.19. The van der Waals surface area contributed by atoms with Crippen molar-refractivity contribution in [2.45, 2.75) is 13.8 Å². The minimum atomic E-state index is 0.852. The Labute approximate surface area is 342 Å². The average Bonchev–Trinajstić information content (AvgIpc) is 3.70. The normalized spacial score (nSPS) is 12.2. The van der Waals surface area contributed by atoms with E-state index in [1.807, 2.05) is 68.9 Å². The largest absolute Gasteiger partial charge is 0.456 e. The monoisotopic (exact) mass is 758 g/mol. The van der Waals surface area contributed by atoms with Crippen LogP contribution >= 0.6 is 0 Å². The van der Waals surface area contributed by atoms with Crippen molar-refractivity contribution in [1.82, 2.24) is 14.5 Å². The summed E-state index contributed by atoms with van der Waals surface area (Å²) >= 11 is 0. The minimum absolute atomic E-state index is 0.852. The molecule has 10 aromatic rings. The molecule has 0 aliphatic carbocycles. The molecule has 0 N–H and O–H groups in total. The van der Waals surface area contributed by atoms with Crippen LogP contribution in [0, 0.1) is 0 Å². The fourth-order valence-electron chi connectivity index (χ4n) is 8.23. The van der Waals surface area contributed by atoms with E-state index < -0.39 is 0 Å². The second kappa shape index (κ2) is 15.2. The van der Waals surface area contributed by atoms with Gasteiger partial charge >= 0.3 is 0 Å². The van der Waals surface area contributed by atoms with Gasteiger partial charge in [0.25, 0.3) is 0 Å². The standard InChI is InChI=1S/C52H32N4O.C2H6/c1-2-16-47(54-27-8-1)41-14-5-3-12-39(41)35-18-22-49-43(30-35)44-31-36(40-13-4-6-15-42(40)48-17-7-9-28-55-48)19-23-50(44)56(49)38-21-25-52-46(32-38)45-29-34(20-24-51(45)57-52)37-11-10-26-53-33-37;1-2/h1,3-33H;1-2H3. The van der Waals surface area contributed by atoms with Gasteiger partial charge in [0.2, 0.25) is 0 Å². The molecule has 1 aliphatic heterocycles. The van der Waals surface area contributed by atoms with Gasteiger partial charge < -0.3 is 8.98 Å². The first-order valence-corrected chi connectivity index (χ1v) is 20.0. The number of benzene rings is 6. The molecule has 11 rings (SSSR count). The summed E-state index contributed by atoms with van der Waals surface area (Å²) in [7, 11) is 0. The third-order valence-electron chi connectivity index (χ3n) is 10.9. The molecule has 0 radical (unpaired) electrons. The molecular formula is C54H38N4O. The van der Waals surface area contributed by atoms with E-state index in [1.54, 1.807) is 6.20 Å². The molecule has 4 aromatic heterocycles. The maximum atomic E-state index is 6.38. The second-order valence-corrected chi connectivity index (χ2v) is 14.2. The topological polar surface area (TPSA) is 56.2 Å². The van der Waals surface area contributed by atoms with Crippen molar-refractivity contribution in [3.63, 3.8) is 0 Å². The van der Waals surface area contributed by atoms with E-state index in [-0.39, 0.29) is 0 Å². The summed E-state index contributed by atoms with van der Waals surface area (Å²) in [5, 5.41) is 4.45. The van der Waals surface area contributed by atoms with E-state index in [0.29, 0.717) is 0 Å². The van der Waals surface area contributed by atoms with Crippen molar-refractivity contribution in [2.24, 2.45) is 4.99 Å². The molecule has 6 aromatic carbocycles. The molecule has 0 saturated carbocycles. The maximum absolute atomic E-state index is 6.38. The average molecular weight is 759 g/mol. The number of furan rings is 1. The Hall–Kier alpha value is -7.85. The second-order valence-electron chi connectivity index (χ2n) is 14.2. The summed E-state index contributed by atoms with van der Waals surface area (Å²) in [6.45, 7) is 4.00. The molecule has 5 nitrogen and oxygen atoms in total. The van der Waals surface area contributed by atoms with Gasteiger partial charge in [-0.05, 0) is 113 Å². The van der Waals surface area contributed by atoms with Crippen molar-refractivity contribution in [3.8, 4) is 50.3 Å². The lowest BCUT2D eigenvalue weighted by atomic mass is 9.94. The van der Waals surface area contributed by atoms with Gasteiger partial charge in [0.05, 0.1) is 22.4 Å². The fourth-order valence-corrected chi connectivity index (χ4v) is 8.23. The zero-order valence-electron chi connectivity index (χ0n) is 32.7. The van der Waals surface area contributed by atoms with Crippen molar-refractivity contribution < 1.29 is 4.42 Å². The number of rotatable bonds is 6. The molecule has 0 unspecified atom stereocenters.